The summed E-state index contributed by atoms with van der Waals surface area (Å²) in [6, 6.07) is 17.9. The van der Waals surface area contributed by atoms with Crippen LogP contribution in [0.3, 0.4) is 0 Å². The van der Waals surface area contributed by atoms with Gasteiger partial charge in [-0.3, -0.25) is 0 Å². The third kappa shape index (κ3) is 2.08. The summed E-state index contributed by atoms with van der Waals surface area (Å²) < 4.78 is 0. The summed E-state index contributed by atoms with van der Waals surface area (Å²) in [7, 11) is 0. The number of fused-ring (bicyclic) bond motifs is 1. The summed E-state index contributed by atoms with van der Waals surface area (Å²) in [6.45, 7) is 0. The summed E-state index contributed by atoms with van der Waals surface area (Å²) in [5.74, 6) is 0.634. The standard InChI is InChI=1S/C14H11N3/c1-2-6-11(7-3-1)10-15-14-16-12-8-4-5-9-13(12)17-14/h1-10H,(H,16,17)/b15-10+. The fourth-order valence-electron chi connectivity index (χ4n) is 1.68. The molecule has 3 heteroatoms. The molecule has 2 aromatic carbocycles. The number of hydrogen-bond acceptors (Lipinski definition) is 2. The van der Waals surface area contributed by atoms with Crippen molar-refractivity contribution in [2.24, 2.45) is 4.99 Å². The normalized spacial score (nSPS) is 11.3. The van der Waals surface area contributed by atoms with Crippen molar-refractivity contribution in [1.29, 1.82) is 0 Å². The second-order valence-corrected chi connectivity index (χ2v) is 3.75. The van der Waals surface area contributed by atoms with E-state index in [-0.39, 0.29) is 0 Å². The molecule has 0 saturated heterocycles. The summed E-state index contributed by atoms with van der Waals surface area (Å²) in [5.41, 5.74) is 3.01. The molecular weight excluding hydrogens is 210 g/mol. The van der Waals surface area contributed by atoms with Gasteiger partial charge in [-0.15, -0.1) is 0 Å². The zero-order chi connectivity index (χ0) is 11.5. The second-order valence-electron chi connectivity index (χ2n) is 3.75. The molecule has 17 heavy (non-hydrogen) atoms. The Hall–Kier alpha value is -2.42. The lowest BCUT2D eigenvalue weighted by atomic mass is 10.2. The van der Waals surface area contributed by atoms with E-state index in [1.807, 2.05) is 54.6 Å². The number of H-pyrrole nitrogens is 1. The molecule has 0 spiro atoms. The van der Waals surface area contributed by atoms with Crippen molar-refractivity contribution in [3.05, 3.63) is 60.2 Å². The number of hydrogen-bond donors (Lipinski definition) is 1. The average molecular weight is 221 g/mol. The van der Waals surface area contributed by atoms with E-state index >= 15 is 0 Å². The van der Waals surface area contributed by atoms with Gasteiger partial charge in [0.1, 0.15) is 0 Å². The quantitative estimate of drug-likeness (QED) is 0.662. The number of para-hydroxylation sites is 2. The molecule has 3 aromatic rings. The van der Waals surface area contributed by atoms with Gasteiger partial charge in [0, 0.05) is 6.21 Å². The van der Waals surface area contributed by atoms with Crippen LogP contribution in [0.25, 0.3) is 11.0 Å². The van der Waals surface area contributed by atoms with Gasteiger partial charge in [0.25, 0.3) is 0 Å². The van der Waals surface area contributed by atoms with Gasteiger partial charge in [-0.25, -0.2) is 9.98 Å². The summed E-state index contributed by atoms with van der Waals surface area (Å²) in [4.78, 5) is 11.9. The Labute approximate surface area is 98.9 Å². The van der Waals surface area contributed by atoms with Crippen LogP contribution in [-0.2, 0) is 0 Å². The van der Waals surface area contributed by atoms with Crippen molar-refractivity contribution in [1.82, 2.24) is 9.97 Å². The van der Waals surface area contributed by atoms with E-state index in [4.69, 9.17) is 0 Å². The molecule has 0 amide bonds. The van der Waals surface area contributed by atoms with E-state index in [0.717, 1.165) is 16.6 Å². The van der Waals surface area contributed by atoms with Crippen molar-refractivity contribution in [2.75, 3.05) is 0 Å². The maximum atomic E-state index is 4.37. The molecule has 0 aliphatic rings. The molecule has 0 atom stereocenters. The number of aliphatic imine (C=N–C) groups is 1. The lowest BCUT2D eigenvalue weighted by Crippen LogP contribution is -1.78. The van der Waals surface area contributed by atoms with Crippen molar-refractivity contribution >= 4 is 23.2 Å². The molecule has 3 nitrogen and oxygen atoms in total. The Balaban J connectivity index is 1.92. The van der Waals surface area contributed by atoms with Crippen molar-refractivity contribution < 1.29 is 0 Å². The number of nitrogens with one attached hydrogen (secondary N) is 1. The van der Waals surface area contributed by atoms with Gasteiger partial charge in [-0.05, 0) is 17.7 Å². The van der Waals surface area contributed by atoms with Gasteiger partial charge < -0.3 is 4.98 Å². The van der Waals surface area contributed by atoms with Crippen LogP contribution in [0, 0.1) is 0 Å². The molecule has 0 saturated carbocycles. The van der Waals surface area contributed by atoms with E-state index in [1.54, 1.807) is 6.21 Å². The zero-order valence-corrected chi connectivity index (χ0v) is 9.17. The Morgan fingerprint density at radius 3 is 2.53 bits per heavy atom. The van der Waals surface area contributed by atoms with Crippen molar-refractivity contribution in [3.8, 4) is 0 Å². The molecule has 0 aliphatic carbocycles. The number of rotatable bonds is 2. The first-order chi connectivity index (χ1) is 8.42. The topological polar surface area (TPSA) is 41.0 Å². The van der Waals surface area contributed by atoms with Crippen LogP contribution in [0.15, 0.2) is 59.6 Å². The molecule has 82 valence electrons. The Morgan fingerprint density at radius 1 is 0.941 bits per heavy atom. The zero-order valence-electron chi connectivity index (χ0n) is 9.17. The number of aromatic amines is 1. The predicted octanol–water partition coefficient (Wildman–Crippen LogP) is 3.31. The fourth-order valence-corrected chi connectivity index (χ4v) is 1.68. The maximum Gasteiger partial charge on any atom is 0.227 e. The monoisotopic (exact) mass is 221 g/mol. The number of aromatic nitrogens is 2. The minimum Gasteiger partial charge on any atom is -0.322 e. The molecule has 0 aliphatic heterocycles. The van der Waals surface area contributed by atoms with Crippen LogP contribution < -0.4 is 0 Å². The summed E-state index contributed by atoms with van der Waals surface area (Å²) in [6.07, 6.45) is 1.80. The minimum atomic E-state index is 0.634. The second kappa shape index (κ2) is 4.22. The predicted molar refractivity (Wildman–Crippen MR) is 69.8 cm³/mol. The lowest BCUT2D eigenvalue weighted by Gasteiger charge is -1.88. The van der Waals surface area contributed by atoms with Gasteiger partial charge in [0.15, 0.2) is 0 Å². The molecular formula is C14H11N3. The fraction of sp³-hybridized carbons (Fsp3) is 0. The van der Waals surface area contributed by atoms with E-state index in [1.165, 1.54) is 0 Å². The molecule has 1 heterocycles. The van der Waals surface area contributed by atoms with Gasteiger partial charge in [0.05, 0.1) is 11.0 Å². The molecule has 3 rings (SSSR count). The minimum absolute atomic E-state index is 0.634. The highest BCUT2D eigenvalue weighted by Gasteiger charge is 1.98. The number of benzene rings is 2. The van der Waals surface area contributed by atoms with Crippen LogP contribution in [0.2, 0.25) is 0 Å². The first-order valence-electron chi connectivity index (χ1n) is 5.46. The van der Waals surface area contributed by atoms with Gasteiger partial charge in [-0.2, -0.15) is 0 Å². The smallest absolute Gasteiger partial charge is 0.227 e. The largest absolute Gasteiger partial charge is 0.322 e. The molecule has 0 unspecified atom stereocenters. The van der Waals surface area contributed by atoms with E-state index < -0.39 is 0 Å². The third-order valence-corrected chi connectivity index (χ3v) is 2.51. The molecule has 0 fully saturated rings. The molecule has 1 N–H and O–H groups in total. The average Bonchev–Trinajstić information content (AvgIpc) is 2.80. The van der Waals surface area contributed by atoms with Gasteiger partial charge >= 0.3 is 0 Å². The van der Waals surface area contributed by atoms with Gasteiger partial charge in [0.2, 0.25) is 5.95 Å². The molecule has 0 radical (unpaired) electrons. The number of nitrogens with zero attached hydrogens (tertiary/aromatic N) is 2. The van der Waals surface area contributed by atoms with E-state index in [2.05, 4.69) is 15.0 Å². The molecule has 1 aromatic heterocycles. The van der Waals surface area contributed by atoms with E-state index in [9.17, 15) is 0 Å². The van der Waals surface area contributed by atoms with Crippen LogP contribution in [-0.4, -0.2) is 16.2 Å². The Kier molecular flexibility index (Phi) is 2.43. The first-order valence-corrected chi connectivity index (χ1v) is 5.46. The highest BCUT2D eigenvalue weighted by atomic mass is 15.1. The van der Waals surface area contributed by atoms with E-state index in [0.29, 0.717) is 5.95 Å². The van der Waals surface area contributed by atoms with Crippen LogP contribution in [0.1, 0.15) is 5.56 Å². The highest BCUT2D eigenvalue weighted by Crippen LogP contribution is 2.15. The summed E-state index contributed by atoms with van der Waals surface area (Å²) >= 11 is 0. The van der Waals surface area contributed by atoms with Crippen molar-refractivity contribution in [2.45, 2.75) is 0 Å². The SMILES string of the molecule is C(=N\c1nc2ccccc2[nH]1)/c1ccccc1. The first kappa shape index (κ1) is 9.78. The Morgan fingerprint density at radius 2 is 1.71 bits per heavy atom. The Bertz CT molecular complexity index is 620. The van der Waals surface area contributed by atoms with Crippen molar-refractivity contribution in [3.63, 3.8) is 0 Å². The lowest BCUT2D eigenvalue weighted by molar-refractivity contribution is 1.27. The third-order valence-electron chi connectivity index (χ3n) is 2.51. The van der Waals surface area contributed by atoms with Crippen LogP contribution in [0.5, 0.6) is 0 Å². The van der Waals surface area contributed by atoms with Crippen LogP contribution in [0.4, 0.5) is 5.95 Å². The number of imidazole rings is 1. The summed E-state index contributed by atoms with van der Waals surface area (Å²) in [5, 5.41) is 0. The van der Waals surface area contributed by atoms with Crippen LogP contribution >= 0.6 is 0 Å². The maximum absolute atomic E-state index is 4.37. The van der Waals surface area contributed by atoms with Gasteiger partial charge in [-0.1, -0.05) is 42.5 Å². The highest BCUT2D eigenvalue weighted by molar-refractivity contribution is 5.83. The molecule has 0 bridgehead atoms.